The van der Waals surface area contributed by atoms with Gasteiger partial charge in [-0.25, -0.2) is 13.6 Å². The molecule has 2 heterocycles. The minimum absolute atomic E-state index is 0.228. The zero-order valence-electron chi connectivity index (χ0n) is 11.6. The van der Waals surface area contributed by atoms with Crippen molar-refractivity contribution in [2.75, 3.05) is 25.0 Å². The second-order valence-electron chi connectivity index (χ2n) is 4.92. The third-order valence-corrected chi connectivity index (χ3v) is 4.12. The van der Waals surface area contributed by atoms with Gasteiger partial charge in [-0.1, -0.05) is 6.07 Å². The Kier molecular flexibility index (Phi) is 4.35. The average molecular weight is 324 g/mol. The van der Waals surface area contributed by atoms with E-state index in [9.17, 15) is 13.6 Å². The Balaban J connectivity index is 1.68. The molecule has 3 rings (SSSR count). The van der Waals surface area contributed by atoms with E-state index in [0.29, 0.717) is 25.3 Å². The Morgan fingerprint density at radius 2 is 2.18 bits per heavy atom. The number of amides is 2. The lowest BCUT2D eigenvalue weighted by molar-refractivity contribution is -0.0136. The SMILES string of the molecule is O=C(Nc1ccsc1)N1CCOC(c2ccc(F)c(F)c2)C1. The van der Waals surface area contributed by atoms with Gasteiger partial charge in [-0.2, -0.15) is 11.3 Å². The summed E-state index contributed by atoms with van der Waals surface area (Å²) in [6.45, 7) is 1.10. The van der Waals surface area contributed by atoms with Crippen molar-refractivity contribution < 1.29 is 18.3 Å². The summed E-state index contributed by atoms with van der Waals surface area (Å²) in [6.07, 6.45) is -0.461. The van der Waals surface area contributed by atoms with Gasteiger partial charge in [0.15, 0.2) is 11.6 Å². The van der Waals surface area contributed by atoms with Crippen molar-refractivity contribution in [1.82, 2.24) is 4.90 Å². The number of hydrogen-bond acceptors (Lipinski definition) is 3. The lowest BCUT2D eigenvalue weighted by Crippen LogP contribution is -2.44. The lowest BCUT2D eigenvalue weighted by atomic mass is 10.1. The van der Waals surface area contributed by atoms with Crippen LogP contribution in [0.15, 0.2) is 35.0 Å². The number of hydrogen-bond donors (Lipinski definition) is 1. The molecule has 1 atom stereocenters. The van der Waals surface area contributed by atoms with Crippen LogP contribution in [0.4, 0.5) is 19.3 Å². The third-order valence-electron chi connectivity index (χ3n) is 3.44. The van der Waals surface area contributed by atoms with E-state index in [1.807, 2.05) is 16.8 Å². The molecule has 22 heavy (non-hydrogen) atoms. The molecule has 0 spiro atoms. The lowest BCUT2D eigenvalue weighted by Gasteiger charge is -2.33. The van der Waals surface area contributed by atoms with Crippen LogP contribution in [0.25, 0.3) is 0 Å². The summed E-state index contributed by atoms with van der Waals surface area (Å²) >= 11 is 1.49. The largest absolute Gasteiger partial charge is 0.370 e. The maximum atomic E-state index is 13.3. The van der Waals surface area contributed by atoms with Crippen molar-refractivity contribution in [2.24, 2.45) is 0 Å². The molecular weight excluding hydrogens is 310 g/mol. The van der Waals surface area contributed by atoms with E-state index in [1.165, 1.54) is 17.4 Å². The van der Waals surface area contributed by atoms with Crippen molar-refractivity contribution in [3.05, 3.63) is 52.2 Å². The number of benzene rings is 1. The van der Waals surface area contributed by atoms with Crippen molar-refractivity contribution in [2.45, 2.75) is 6.10 Å². The fourth-order valence-electron chi connectivity index (χ4n) is 2.29. The molecule has 2 amide bonds. The summed E-state index contributed by atoms with van der Waals surface area (Å²) in [6, 6.07) is 5.24. The van der Waals surface area contributed by atoms with Gasteiger partial charge in [0.1, 0.15) is 6.10 Å². The maximum Gasteiger partial charge on any atom is 0.322 e. The first-order valence-corrected chi connectivity index (χ1v) is 7.72. The molecule has 1 aliphatic rings. The number of carbonyl (C=O) groups is 1. The molecule has 7 heteroatoms. The molecule has 1 aliphatic heterocycles. The highest BCUT2D eigenvalue weighted by Gasteiger charge is 2.26. The van der Waals surface area contributed by atoms with E-state index < -0.39 is 17.7 Å². The minimum atomic E-state index is -0.916. The molecule has 1 saturated heterocycles. The van der Waals surface area contributed by atoms with Crippen LogP contribution in [0, 0.1) is 11.6 Å². The quantitative estimate of drug-likeness (QED) is 0.916. The highest BCUT2D eigenvalue weighted by atomic mass is 32.1. The molecular formula is C15H14F2N2O2S. The van der Waals surface area contributed by atoms with Gasteiger partial charge in [-0.3, -0.25) is 0 Å². The smallest absolute Gasteiger partial charge is 0.322 e. The maximum absolute atomic E-state index is 13.3. The molecule has 2 aromatic rings. The number of urea groups is 1. The Hall–Kier alpha value is -1.99. The van der Waals surface area contributed by atoms with Crippen LogP contribution in [-0.2, 0) is 4.74 Å². The summed E-state index contributed by atoms with van der Waals surface area (Å²) in [7, 11) is 0. The Bertz CT molecular complexity index is 664. The molecule has 4 nitrogen and oxygen atoms in total. The van der Waals surface area contributed by atoms with Gasteiger partial charge in [0.25, 0.3) is 0 Å². The molecule has 1 N–H and O–H groups in total. The van der Waals surface area contributed by atoms with Crippen LogP contribution >= 0.6 is 11.3 Å². The van der Waals surface area contributed by atoms with Gasteiger partial charge in [0.05, 0.1) is 18.8 Å². The predicted octanol–water partition coefficient (Wildman–Crippen LogP) is 3.63. The number of anilines is 1. The first-order valence-electron chi connectivity index (χ1n) is 6.78. The zero-order chi connectivity index (χ0) is 15.5. The zero-order valence-corrected chi connectivity index (χ0v) is 12.4. The number of morpholine rings is 1. The standard InChI is InChI=1S/C15H14F2N2O2S/c16-12-2-1-10(7-13(12)17)14-8-19(4-5-21-14)15(20)18-11-3-6-22-9-11/h1-3,6-7,9,14H,4-5,8H2,(H,18,20). The fraction of sp³-hybridized carbons (Fsp3) is 0.267. The van der Waals surface area contributed by atoms with Gasteiger partial charge in [-0.05, 0) is 29.1 Å². The van der Waals surface area contributed by atoms with Crippen molar-refractivity contribution in [3.63, 3.8) is 0 Å². The van der Waals surface area contributed by atoms with Gasteiger partial charge in [0.2, 0.25) is 0 Å². The van der Waals surface area contributed by atoms with E-state index in [2.05, 4.69) is 5.32 Å². The van der Waals surface area contributed by atoms with Gasteiger partial charge in [0, 0.05) is 11.9 Å². The third kappa shape index (κ3) is 3.26. The number of carbonyl (C=O) groups excluding carboxylic acids is 1. The van der Waals surface area contributed by atoms with E-state index >= 15 is 0 Å². The molecule has 1 aromatic heterocycles. The monoisotopic (exact) mass is 324 g/mol. The molecule has 0 aliphatic carbocycles. The molecule has 1 fully saturated rings. The fourth-order valence-corrected chi connectivity index (χ4v) is 2.87. The second-order valence-corrected chi connectivity index (χ2v) is 5.70. The minimum Gasteiger partial charge on any atom is -0.370 e. The van der Waals surface area contributed by atoms with Crippen molar-refractivity contribution in [1.29, 1.82) is 0 Å². The van der Waals surface area contributed by atoms with Crippen LogP contribution in [0.2, 0.25) is 0 Å². The Morgan fingerprint density at radius 1 is 1.32 bits per heavy atom. The molecule has 1 aromatic carbocycles. The van der Waals surface area contributed by atoms with Crippen LogP contribution < -0.4 is 5.32 Å². The topological polar surface area (TPSA) is 41.6 Å². The summed E-state index contributed by atoms with van der Waals surface area (Å²) in [5, 5.41) is 6.50. The number of nitrogens with zero attached hydrogens (tertiary/aromatic N) is 1. The van der Waals surface area contributed by atoms with Crippen molar-refractivity contribution in [3.8, 4) is 0 Å². The number of nitrogens with one attached hydrogen (secondary N) is 1. The number of halogens is 2. The second kappa shape index (κ2) is 6.41. The molecule has 0 saturated carbocycles. The van der Waals surface area contributed by atoms with Gasteiger partial charge in [-0.15, -0.1) is 0 Å². The highest BCUT2D eigenvalue weighted by molar-refractivity contribution is 7.08. The molecule has 0 radical (unpaired) electrons. The van der Waals surface area contributed by atoms with Crippen LogP contribution in [0.1, 0.15) is 11.7 Å². The van der Waals surface area contributed by atoms with Crippen molar-refractivity contribution >= 4 is 23.1 Å². The van der Waals surface area contributed by atoms with E-state index in [1.54, 1.807) is 4.90 Å². The first kappa shape index (κ1) is 14.9. The number of rotatable bonds is 2. The molecule has 0 bridgehead atoms. The summed E-state index contributed by atoms with van der Waals surface area (Å²) in [5.74, 6) is -1.81. The average Bonchev–Trinajstić information content (AvgIpc) is 3.03. The summed E-state index contributed by atoms with van der Waals surface area (Å²) in [5.41, 5.74) is 1.26. The Labute approximate surface area is 130 Å². The summed E-state index contributed by atoms with van der Waals surface area (Å²) < 4.78 is 31.9. The van der Waals surface area contributed by atoms with Gasteiger partial charge >= 0.3 is 6.03 Å². The van der Waals surface area contributed by atoms with Crippen LogP contribution in [0.5, 0.6) is 0 Å². The van der Waals surface area contributed by atoms with Gasteiger partial charge < -0.3 is 15.0 Å². The number of thiophene rings is 1. The van der Waals surface area contributed by atoms with E-state index in [4.69, 9.17) is 4.74 Å². The summed E-state index contributed by atoms with van der Waals surface area (Å²) in [4.78, 5) is 13.8. The Morgan fingerprint density at radius 3 is 2.91 bits per heavy atom. The highest BCUT2D eigenvalue weighted by Crippen LogP contribution is 2.24. The first-order chi connectivity index (χ1) is 10.6. The van der Waals surface area contributed by atoms with E-state index in [0.717, 1.165) is 17.8 Å². The van der Waals surface area contributed by atoms with Crippen LogP contribution in [0.3, 0.4) is 0 Å². The molecule has 116 valence electrons. The van der Waals surface area contributed by atoms with E-state index in [-0.39, 0.29) is 6.03 Å². The van der Waals surface area contributed by atoms with Crippen LogP contribution in [-0.4, -0.2) is 30.6 Å². The number of ether oxygens (including phenoxy) is 1. The normalized spacial score (nSPS) is 18.3. The predicted molar refractivity (Wildman–Crippen MR) is 80.0 cm³/mol. The molecule has 1 unspecified atom stereocenters.